The van der Waals surface area contributed by atoms with Crippen molar-refractivity contribution in [3.8, 4) is 89.0 Å². The van der Waals surface area contributed by atoms with E-state index in [1.165, 1.54) is 100 Å². The number of nitrogens with zero attached hydrogens (tertiary/aromatic N) is 2. The summed E-state index contributed by atoms with van der Waals surface area (Å²) in [6, 6.07) is 132. The predicted octanol–water partition coefficient (Wildman–Crippen LogP) is 29.4. The Morgan fingerprint density at radius 2 is 0.459 bits per heavy atom. The molecule has 0 atom stereocenters. The van der Waals surface area contributed by atoms with E-state index in [1.54, 1.807) is 0 Å². The van der Waals surface area contributed by atoms with Crippen molar-refractivity contribution < 1.29 is 8.83 Å². The third kappa shape index (κ3) is 10.8. The van der Waals surface area contributed by atoms with Gasteiger partial charge < -0.3 is 18.6 Å². The van der Waals surface area contributed by atoms with Crippen LogP contribution in [0.25, 0.3) is 133 Å². The Hall–Kier alpha value is -13.3. The van der Waals surface area contributed by atoms with Gasteiger partial charge in [0.2, 0.25) is 0 Å². The Balaban J connectivity index is 0.000000143. The second kappa shape index (κ2) is 25.5. The summed E-state index contributed by atoms with van der Waals surface area (Å²) in [4.78, 5) is 4.81. The molecular formula is C105H78N2O2. The van der Waals surface area contributed by atoms with Crippen molar-refractivity contribution in [1.29, 1.82) is 0 Å². The normalized spacial score (nSPS) is 13.6. The maximum atomic E-state index is 6.79. The molecule has 4 nitrogen and oxygen atoms in total. The average molecular weight is 1400 g/mol. The lowest BCUT2D eigenvalue weighted by molar-refractivity contribution is 0.660. The molecule has 4 heteroatoms. The largest absolute Gasteiger partial charge is 0.455 e. The Morgan fingerprint density at radius 3 is 0.835 bits per heavy atom. The molecular weight excluding hydrogens is 1320 g/mol. The SMILES string of the molecule is CC1(C)c2ccccc2-c2ccc(-c3cc(N(c4ccc(-c5ccccc5)cc4)c4ccc(-c5ccccc5)cc4)cc4c3oc3ccccc34)cc21.CC1(C)c2ccccc2-c2ccc(-c3cc(N(c4ccc(-c5ccccc5)cc4)c4ccc5c(c4)C(C)(C)c4ccccc4-5)cc4c3oc3ccccc34)cc21. The van der Waals surface area contributed by atoms with Crippen LogP contribution in [0.15, 0.2) is 373 Å². The summed E-state index contributed by atoms with van der Waals surface area (Å²) in [6.45, 7) is 14.1. The van der Waals surface area contributed by atoms with Gasteiger partial charge in [0.25, 0.3) is 0 Å². The standard InChI is InChI=1S/C54H41NO.C51H37NO/c1-53(2)47-19-11-8-16-40(47)42-28-24-36(30-49(42)53)45-31-39(32-46-44-18-10-13-21-51(44)56-52(45)46)55(37-25-22-35(23-26-37)34-14-6-5-7-15-34)38-27-29-43-41-17-9-12-20-48(41)54(3,4)50(43)33-38;1-51(2)47-19-11-9-17-42(47)43-30-25-38(31-48(43)51)45-32-41(33-46-44-18-10-12-20-49(44)53-50(45)46)52(39-26-21-36(22-27-39)34-13-5-3-6-14-34)40-28-23-37(24-29-40)35-15-7-4-8-16-35/h5-33H,1-4H3;3-33H,1-2H3. The van der Waals surface area contributed by atoms with E-state index in [4.69, 9.17) is 8.83 Å². The van der Waals surface area contributed by atoms with Gasteiger partial charge >= 0.3 is 0 Å². The van der Waals surface area contributed by atoms with Crippen LogP contribution < -0.4 is 9.80 Å². The third-order valence-electron chi connectivity index (χ3n) is 23.8. The number of benzene rings is 16. The second-order valence-electron chi connectivity index (χ2n) is 31.1. The number of hydrogen-bond acceptors (Lipinski definition) is 4. The van der Waals surface area contributed by atoms with Gasteiger partial charge in [-0.05, 0) is 208 Å². The maximum absolute atomic E-state index is 6.79. The summed E-state index contributed by atoms with van der Waals surface area (Å²) < 4.78 is 13.5. The van der Waals surface area contributed by atoms with Crippen molar-refractivity contribution in [2.45, 2.75) is 57.8 Å². The van der Waals surface area contributed by atoms with Crippen LogP contribution in [0.5, 0.6) is 0 Å². The minimum Gasteiger partial charge on any atom is -0.455 e. The van der Waals surface area contributed by atoms with Crippen molar-refractivity contribution in [3.05, 3.63) is 397 Å². The van der Waals surface area contributed by atoms with Gasteiger partial charge in [0, 0.05) is 83.0 Å². The van der Waals surface area contributed by atoms with E-state index in [-0.39, 0.29) is 16.2 Å². The van der Waals surface area contributed by atoms with Gasteiger partial charge in [0.15, 0.2) is 0 Å². The number of rotatable bonds is 11. The molecule has 2 heterocycles. The van der Waals surface area contributed by atoms with Crippen LogP contribution in [0.4, 0.5) is 34.1 Å². The van der Waals surface area contributed by atoms with Crippen LogP contribution in [0, 0.1) is 0 Å². The lowest BCUT2D eigenvalue weighted by Crippen LogP contribution is -2.16. The molecule has 0 amide bonds. The molecule has 0 bridgehead atoms. The van der Waals surface area contributed by atoms with Crippen LogP contribution >= 0.6 is 0 Å². The third-order valence-corrected chi connectivity index (χ3v) is 23.8. The topological polar surface area (TPSA) is 32.8 Å². The van der Waals surface area contributed by atoms with E-state index in [1.807, 2.05) is 0 Å². The molecule has 0 saturated heterocycles. The first-order valence-electron chi connectivity index (χ1n) is 38.0. The van der Waals surface area contributed by atoms with Crippen molar-refractivity contribution in [2.75, 3.05) is 9.80 Å². The van der Waals surface area contributed by atoms with Crippen molar-refractivity contribution in [1.82, 2.24) is 0 Å². The Labute approximate surface area is 636 Å². The molecule has 2 aromatic heterocycles. The molecule has 3 aliphatic carbocycles. The zero-order valence-corrected chi connectivity index (χ0v) is 61.9. The smallest absolute Gasteiger partial charge is 0.143 e. The van der Waals surface area contributed by atoms with Crippen LogP contribution in [-0.4, -0.2) is 0 Å². The molecule has 0 saturated carbocycles. The van der Waals surface area contributed by atoms with Crippen molar-refractivity contribution >= 4 is 78.0 Å². The van der Waals surface area contributed by atoms with E-state index in [9.17, 15) is 0 Å². The first-order valence-corrected chi connectivity index (χ1v) is 38.0. The van der Waals surface area contributed by atoms with Gasteiger partial charge in [-0.15, -0.1) is 0 Å². The molecule has 0 fully saturated rings. The molecule has 3 aliphatic rings. The van der Waals surface area contributed by atoms with E-state index in [0.717, 1.165) is 100 Å². The molecule has 18 aromatic rings. The monoisotopic (exact) mass is 1400 g/mol. The summed E-state index contributed by atoms with van der Waals surface area (Å²) in [5.41, 5.74) is 37.5. The number of para-hydroxylation sites is 2. The van der Waals surface area contributed by atoms with E-state index < -0.39 is 0 Å². The van der Waals surface area contributed by atoms with Gasteiger partial charge in [-0.25, -0.2) is 0 Å². The van der Waals surface area contributed by atoms with E-state index in [0.29, 0.717) is 0 Å². The zero-order chi connectivity index (χ0) is 73.3. The molecule has 16 aromatic carbocycles. The lowest BCUT2D eigenvalue weighted by atomic mass is 9.81. The summed E-state index contributed by atoms with van der Waals surface area (Å²) in [7, 11) is 0. The van der Waals surface area contributed by atoms with Crippen LogP contribution in [0.1, 0.15) is 74.9 Å². The summed E-state index contributed by atoms with van der Waals surface area (Å²) in [5, 5.41) is 4.43. The highest BCUT2D eigenvalue weighted by atomic mass is 16.3. The predicted molar refractivity (Wildman–Crippen MR) is 457 cm³/mol. The zero-order valence-electron chi connectivity index (χ0n) is 61.9. The van der Waals surface area contributed by atoms with Crippen LogP contribution in [0.3, 0.4) is 0 Å². The van der Waals surface area contributed by atoms with Crippen molar-refractivity contribution in [2.24, 2.45) is 0 Å². The number of hydrogen-bond donors (Lipinski definition) is 0. The fourth-order valence-electron chi connectivity index (χ4n) is 18.1. The molecule has 0 N–H and O–H groups in total. The highest BCUT2D eigenvalue weighted by molar-refractivity contribution is 6.13. The van der Waals surface area contributed by atoms with Crippen LogP contribution in [0.2, 0.25) is 0 Å². The summed E-state index contributed by atoms with van der Waals surface area (Å²) in [6.07, 6.45) is 0. The molecule has 0 spiro atoms. The molecule has 109 heavy (non-hydrogen) atoms. The number of fused-ring (bicyclic) bond motifs is 15. The van der Waals surface area contributed by atoms with Gasteiger partial charge in [0.05, 0.1) is 0 Å². The first kappa shape index (κ1) is 65.3. The lowest BCUT2D eigenvalue weighted by Gasteiger charge is -2.29. The minimum atomic E-state index is -0.130. The van der Waals surface area contributed by atoms with E-state index >= 15 is 0 Å². The van der Waals surface area contributed by atoms with Gasteiger partial charge in [-0.2, -0.15) is 0 Å². The molecule has 0 radical (unpaired) electrons. The first-order chi connectivity index (χ1) is 53.3. The van der Waals surface area contributed by atoms with Gasteiger partial charge in [-0.3, -0.25) is 0 Å². The molecule has 21 rings (SSSR count). The Kier molecular flexibility index (Phi) is 15.3. The van der Waals surface area contributed by atoms with Crippen LogP contribution in [-0.2, 0) is 16.2 Å². The highest BCUT2D eigenvalue weighted by Gasteiger charge is 2.39. The maximum Gasteiger partial charge on any atom is 0.143 e. The fourth-order valence-corrected chi connectivity index (χ4v) is 18.1. The molecule has 0 unspecified atom stereocenters. The minimum absolute atomic E-state index is 0.112. The fraction of sp³-hybridized carbons (Fsp3) is 0.0857. The highest BCUT2D eigenvalue weighted by Crippen LogP contribution is 2.56. The van der Waals surface area contributed by atoms with Gasteiger partial charge in [0.1, 0.15) is 22.3 Å². The Bertz CT molecular complexity index is 6510. The number of furan rings is 2. The van der Waals surface area contributed by atoms with E-state index in [2.05, 4.69) is 415 Å². The molecule has 0 aliphatic heterocycles. The quantitative estimate of drug-likeness (QED) is 0.129. The summed E-state index contributed by atoms with van der Waals surface area (Å²) >= 11 is 0. The average Bonchev–Trinajstić information content (AvgIpc) is 1.60. The van der Waals surface area contributed by atoms with Crippen molar-refractivity contribution in [3.63, 3.8) is 0 Å². The van der Waals surface area contributed by atoms with Gasteiger partial charge in [-0.1, -0.05) is 308 Å². The summed E-state index contributed by atoms with van der Waals surface area (Å²) in [5.74, 6) is 0. The number of anilines is 6. The second-order valence-corrected chi connectivity index (χ2v) is 31.1. The Morgan fingerprint density at radius 1 is 0.183 bits per heavy atom. The molecule has 520 valence electrons.